The molecule has 28 heavy (non-hydrogen) atoms. The van der Waals surface area contributed by atoms with E-state index >= 15 is 0 Å². The third-order valence-corrected chi connectivity index (χ3v) is 5.80. The van der Waals surface area contributed by atoms with E-state index in [1.165, 1.54) is 22.2 Å². The first-order valence-corrected chi connectivity index (χ1v) is 10.2. The van der Waals surface area contributed by atoms with Gasteiger partial charge in [0.05, 0.1) is 16.8 Å². The second-order valence-electron chi connectivity index (χ2n) is 6.89. The molecule has 1 aliphatic rings. The van der Waals surface area contributed by atoms with Crippen molar-refractivity contribution >= 4 is 39.8 Å². The van der Waals surface area contributed by atoms with Gasteiger partial charge in [-0.3, -0.25) is 14.3 Å². The molecule has 3 aromatic rings. The minimum atomic E-state index is -0.400. The van der Waals surface area contributed by atoms with E-state index in [0.29, 0.717) is 10.6 Å². The number of nitrogens with zero attached hydrogens (tertiary/aromatic N) is 2. The summed E-state index contributed by atoms with van der Waals surface area (Å²) in [6.45, 7) is 2.02. The normalized spacial score (nSPS) is 13.4. The molecule has 0 atom stereocenters. The summed E-state index contributed by atoms with van der Waals surface area (Å²) in [4.78, 5) is 25.7. The first kappa shape index (κ1) is 18.7. The van der Waals surface area contributed by atoms with Crippen LogP contribution in [0.15, 0.2) is 35.8 Å². The lowest BCUT2D eigenvalue weighted by Gasteiger charge is -2.10. The summed E-state index contributed by atoms with van der Waals surface area (Å²) >= 11 is 7.40. The summed E-state index contributed by atoms with van der Waals surface area (Å²) in [6.07, 6.45) is 3.40. The van der Waals surface area contributed by atoms with Gasteiger partial charge < -0.3 is 10.6 Å². The Morgan fingerprint density at radius 1 is 1.21 bits per heavy atom. The molecular weight excluding hydrogens is 396 g/mol. The Morgan fingerprint density at radius 2 is 1.93 bits per heavy atom. The number of thiophene rings is 1. The zero-order valence-corrected chi connectivity index (χ0v) is 17.0. The molecule has 0 aliphatic heterocycles. The van der Waals surface area contributed by atoms with E-state index in [9.17, 15) is 9.59 Å². The molecule has 2 amide bonds. The molecule has 6 nitrogen and oxygen atoms in total. The van der Waals surface area contributed by atoms with E-state index in [1.807, 2.05) is 36.6 Å². The van der Waals surface area contributed by atoms with Crippen molar-refractivity contribution in [2.45, 2.75) is 25.8 Å². The van der Waals surface area contributed by atoms with E-state index in [4.69, 9.17) is 11.6 Å². The third-order valence-electron chi connectivity index (χ3n) is 4.63. The van der Waals surface area contributed by atoms with Gasteiger partial charge in [-0.2, -0.15) is 5.10 Å². The van der Waals surface area contributed by atoms with Crippen LogP contribution >= 0.6 is 22.9 Å². The molecule has 2 N–H and O–H groups in total. The molecule has 1 aromatic carbocycles. The Morgan fingerprint density at radius 3 is 2.54 bits per heavy atom. The molecule has 0 radical (unpaired) electrons. The van der Waals surface area contributed by atoms with E-state index in [-0.39, 0.29) is 22.7 Å². The number of hydrogen-bond acceptors (Lipinski definition) is 4. The SMILES string of the molecule is Cc1ccc(-c2csc(NC(=O)c3c(Cl)cnn3C)c2C(=O)NC2CC2)cc1. The number of carbonyl (C=O) groups excluding carboxylic acids is 2. The second kappa shape index (κ2) is 7.41. The zero-order chi connectivity index (χ0) is 19.8. The topological polar surface area (TPSA) is 76.0 Å². The standard InChI is InChI=1S/C20H19ClN4O2S/c1-11-3-5-12(6-4-11)14-10-28-20(16(14)18(26)23-13-7-8-13)24-19(27)17-15(21)9-22-25(17)2/h3-6,9-10,13H,7-8H2,1-2H3,(H,23,26)(H,24,27). The number of amides is 2. The maximum atomic E-state index is 12.9. The Hall–Kier alpha value is -2.64. The smallest absolute Gasteiger partial charge is 0.276 e. The summed E-state index contributed by atoms with van der Waals surface area (Å²) in [6, 6.07) is 8.18. The van der Waals surface area contributed by atoms with Gasteiger partial charge in [-0.1, -0.05) is 41.4 Å². The lowest BCUT2D eigenvalue weighted by molar-refractivity contribution is 0.0953. The zero-order valence-electron chi connectivity index (χ0n) is 15.5. The van der Waals surface area contributed by atoms with Crippen molar-refractivity contribution in [2.24, 2.45) is 7.05 Å². The van der Waals surface area contributed by atoms with Crippen molar-refractivity contribution in [3.8, 4) is 11.1 Å². The molecule has 1 aliphatic carbocycles. The quantitative estimate of drug-likeness (QED) is 0.655. The highest BCUT2D eigenvalue weighted by Gasteiger charge is 2.28. The highest BCUT2D eigenvalue weighted by Crippen LogP contribution is 2.37. The fourth-order valence-corrected chi connectivity index (χ4v) is 4.15. The van der Waals surface area contributed by atoms with Gasteiger partial charge in [0.1, 0.15) is 10.7 Å². The van der Waals surface area contributed by atoms with Gasteiger partial charge in [0.2, 0.25) is 0 Å². The number of nitrogens with one attached hydrogen (secondary N) is 2. The van der Waals surface area contributed by atoms with Crippen LogP contribution in [-0.4, -0.2) is 27.6 Å². The van der Waals surface area contributed by atoms with Crippen LogP contribution in [-0.2, 0) is 7.05 Å². The van der Waals surface area contributed by atoms with E-state index in [1.54, 1.807) is 7.05 Å². The van der Waals surface area contributed by atoms with Crippen LogP contribution < -0.4 is 10.6 Å². The lowest BCUT2D eigenvalue weighted by atomic mass is 10.0. The molecule has 2 aromatic heterocycles. The molecule has 4 rings (SSSR count). The van der Waals surface area contributed by atoms with Crippen LogP contribution in [0.3, 0.4) is 0 Å². The van der Waals surface area contributed by atoms with Gasteiger partial charge in [-0.25, -0.2) is 0 Å². The van der Waals surface area contributed by atoms with Crippen LogP contribution in [0.1, 0.15) is 39.3 Å². The van der Waals surface area contributed by atoms with Crippen molar-refractivity contribution in [2.75, 3.05) is 5.32 Å². The molecule has 0 saturated heterocycles. The molecule has 1 saturated carbocycles. The number of halogens is 1. The summed E-state index contributed by atoms with van der Waals surface area (Å²) in [5.41, 5.74) is 3.60. The fourth-order valence-electron chi connectivity index (χ4n) is 2.93. The average Bonchev–Trinajstić information content (AvgIpc) is 3.27. The van der Waals surface area contributed by atoms with Gasteiger partial charge in [-0.15, -0.1) is 11.3 Å². The van der Waals surface area contributed by atoms with Gasteiger partial charge in [0.15, 0.2) is 0 Å². The van der Waals surface area contributed by atoms with E-state index < -0.39 is 5.91 Å². The molecule has 0 unspecified atom stereocenters. The minimum absolute atomic E-state index is 0.175. The molecule has 0 spiro atoms. The minimum Gasteiger partial charge on any atom is -0.349 e. The molecule has 8 heteroatoms. The van der Waals surface area contributed by atoms with Crippen molar-refractivity contribution in [3.05, 3.63) is 57.7 Å². The Labute approximate surface area is 171 Å². The first-order chi connectivity index (χ1) is 13.4. The number of hydrogen-bond donors (Lipinski definition) is 2. The van der Waals surface area contributed by atoms with Crippen LogP contribution in [0.5, 0.6) is 0 Å². The number of aryl methyl sites for hydroxylation is 2. The van der Waals surface area contributed by atoms with Gasteiger partial charge >= 0.3 is 0 Å². The molecule has 144 valence electrons. The summed E-state index contributed by atoms with van der Waals surface area (Å²) in [5, 5.41) is 12.5. The van der Waals surface area contributed by atoms with E-state index in [0.717, 1.165) is 29.5 Å². The van der Waals surface area contributed by atoms with Crippen LogP contribution in [0.25, 0.3) is 11.1 Å². The van der Waals surface area contributed by atoms with Crippen molar-refractivity contribution in [1.82, 2.24) is 15.1 Å². The Balaban J connectivity index is 1.71. The molecular formula is C20H19ClN4O2S. The predicted octanol–water partition coefficient (Wildman–Crippen LogP) is 4.25. The first-order valence-electron chi connectivity index (χ1n) is 8.92. The highest BCUT2D eigenvalue weighted by molar-refractivity contribution is 7.15. The second-order valence-corrected chi connectivity index (χ2v) is 8.17. The van der Waals surface area contributed by atoms with E-state index in [2.05, 4.69) is 15.7 Å². The van der Waals surface area contributed by atoms with Gasteiger partial charge in [0.25, 0.3) is 11.8 Å². The highest BCUT2D eigenvalue weighted by atomic mass is 35.5. The Kier molecular flexibility index (Phi) is 4.95. The average molecular weight is 415 g/mol. The van der Waals surface area contributed by atoms with Crippen molar-refractivity contribution < 1.29 is 9.59 Å². The number of anilines is 1. The number of carbonyl (C=O) groups is 2. The molecule has 0 bridgehead atoms. The van der Waals surface area contributed by atoms with Crippen LogP contribution in [0.4, 0.5) is 5.00 Å². The fraction of sp³-hybridized carbons (Fsp3) is 0.250. The van der Waals surface area contributed by atoms with Gasteiger partial charge in [0, 0.05) is 24.0 Å². The number of benzene rings is 1. The largest absolute Gasteiger partial charge is 0.349 e. The summed E-state index contributed by atoms with van der Waals surface area (Å²) in [7, 11) is 1.65. The third kappa shape index (κ3) is 3.68. The lowest BCUT2D eigenvalue weighted by Crippen LogP contribution is -2.27. The van der Waals surface area contributed by atoms with Crippen LogP contribution in [0.2, 0.25) is 5.02 Å². The molecule has 2 heterocycles. The van der Waals surface area contributed by atoms with Crippen LogP contribution in [0, 0.1) is 6.92 Å². The number of aromatic nitrogens is 2. The number of rotatable bonds is 5. The van der Waals surface area contributed by atoms with Crippen molar-refractivity contribution in [1.29, 1.82) is 0 Å². The molecule has 1 fully saturated rings. The monoisotopic (exact) mass is 414 g/mol. The van der Waals surface area contributed by atoms with Crippen molar-refractivity contribution in [3.63, 3.8) is 0 Å². The Bertz CT molecular complexity index is 1030. The predicted molar refractivity (Wildman–Crippen MR) is 111 cm³/mol. The maximum absolute atomic E-state index is 12.9. The van der Waals surface area contributed by atoms with Gasteiger partial charge in [-0.05, 0) is 25.3 Å². The summed E-state index contributed by atoms with van der Waals surface area (Å²) in [5.74, 6) is -0.575. The maximum Gasteiger partial charge on any atom is 0.276 e. The summed E-state index contributed by atoms with van der Waals surface area (Å²) < 4.78 is 1.41.